The Morgan fingerprint density at radius 2 is 2.07 bits per heavy atom. The van der Waals surface area contributed by atoms with Gasteiger partial charge in [-0.3, -0.25) is 4.98 Å². The van der Waals surface area contributed by atoms with Gasteiger partial charge in [0.25, 0.3) is 0 Å². The molecular weight excluding hydrogens is 186 g/mol. The summed E-state index contributed by atoms with van der Waals surface area (Å²) in [7, 11) is 0. The van der Waals surface area contributed by atoms with Crippen LogP contribution in [0.3, 0.4) is 0 Å². The molecule has 1 aromatic rings. The Labute approximate surface area is 91.4 Å². The van der Waals surface area contributed by atoms with Gasteiger partial charge in [-0.15, -0.1) is 0 Å². The largest absolute Gasteiger partial charge is 0.384 e. The van der Waals surface area contributed by atoms with Crippen LogP contribution in [-0.4, -0.2) is 10.1 Å². The summed E-state index contributed by atoms with van der Waals surface area (Å²) in [4.78, 5) is 4.35. The molecule has 0 radical (unpaired) electrons. The first-order chi connectivity index (χ1) is 7.12. The van der Waals surface area contributed by atoms with Crippen LogP contribution in [-0.2, 0) is 5.60 Å². The van der Waals surface area contributed by atoms with E-state index >= 15 is 0 Å². The number of pyridine rings is 1. The van der Waals surface area contributed by atoms with Crippen molar-refractivity contribution >= 4 is 0 Å². The van der Waals surface area contributed by atoms with E-state index in [4.69, 9.17) is 0 Å². The monoisotopic (exact) mass is 205 g/mol. The van der Waals surface area contributed by atoms with Gasteiger partial charge in [0.2, 0.25) is 0 Å². The fourth-order valence-electron chi connectivity index (χ4n) is 2.45. The number of rotatable bonds is 1. The van der Waals surface area contributed by atoms with Crippen molar-refractivity contribution in [1.29, 1.82) is 0 Å². The second-order valence-corrected chi connectivity index (χ2v) is 4.88. The molecule has 0 bridgehead atoms. The lowest BCUT2D eigenvalue weighted by Gasteiger charge is -2.35. The van der Waals surface area contributed by atoms with Gasteiger partial charge < -0.3 is 5.11 Å². The van der Waals surface area contributed by atoms with Crippen molar-refractivity contribution in [3.05, 3.63) is 29.6 Å². The van der Waals surface area contributed by atoms with Crippen molar-refractivity contribution in [3.8, 4) is 0 Å². The molecule has 1 aliphatic rings. The lowest BCUT2D eigenvalue weighted by Crippen LogP contribution is -2.32. The van der Waals surface area contributed by atoms with Crippen LogP contribution in [0.2, 0.25) is 0 Å². The topological polar surface area (TPSA) is 33.1 Å². The zero-order chi connectivity index (χ0) is 10.9. The quantitative estimate of drug-likeness (QED) is 0.764. The number of hydrogen-bond donors (Lipinski definition) is 1. The number of hydrogen-bond acceptors (Lipinski definition) is 2. The van der Waals surface area contributed by atoms with Crippen LogP contribution in [0.1, 0.15) is 43.9 Å². The Bertz CT molecular complexity index is 340. The maximum Gasteiger partial charge on any atom is 0.107 e. The summed E-state index contributed by atoms with van der Waals surface area (Å²) in [6.45, 7) is 4.28. The van der Waals surface area contributed by atoms with Crippen LogP contribution >= 0.6 is 0 Å². The summed E-state index contributed by atoms with van der Waals surface area (Å²) < 4.78 is 0. The molecule has 2 nitrogen and oxygen atoms in total. The van der Waals surface area contributed by atoms with Crippen molar-refractivity contribution in [2.24, 2.45) is 5.92 Å². The van der Waals surface area contributed by atoms with Crippen LogP contribution in [0.5, 0.6) is 0 Å². The molecule has 15 heavy (non-hydrogen) atoms. The second-order valence-electron chi connectivity index (χ2n) is 4.88. The third kappa shape index (κ3) is 2.05. The van der Waals surface area contributed by atoms with E-state index in [1.807, 2.05) is 19.1 Å². The zero-order valence-corrected chi connectivity index (χ0v) is 9.53. The minimum atomic E-state index is -0.669. The molecule has 1 heterocycles. The molecule has 0 amide bonds. The third-order valence-corrected chi connectivity index (χ3v) is 3.55. The van der Waals surface area contributed by atoms with E-state index in [0.29, 0.717) is 0 Å². The van der Waals surface area contributed by atoms with Crippen LogP contribution in [0.4, 0.5) is 0 Å². The molecule has 0 spiro atoms. The minimum Gasteiger partial charge on any atom is -0.384 e. The number of aryl methyl sites for hydroxylation is 1. The van der Waals surface area contributed by atoms with Gasteiger partial charge in [-0.2, -0.15) is 0 Å². The predicted octanol–water partition coefficient (Wildman–Crippen LogP) is 2.79. The van der Waals surface area contributed by atoms with E-state index in [1.165, 1.54) is 0 Å². The van der Waals surface area contributed by atoms with Crippen LogP contribution in [0, 0.1) is 12.8 Å². The van der Waals surface area contributed by atoms with Gasteiger partial charge in [0, 0.05) is 6.20 Å². The van der Waals surface area contributed by atoms with E-state index in [9.17, 15) is 5.11 Å². The molecule has 0 atom stereocenters. The highest BCUT2D eigenvalue weighted by molar-refractivity contribution is 5.24. The lowest BCUT2D eigenvalue weighted by atomic mass is 9.77. The van der Waals surface area contributed by atoms with Gasteiger partial charge in [0.15, 0.2) is 0 Å². The van der Waals surface area contributed by atoms with Gasteiger partial charge in [-0.1, -0.05) is 13.0 Å². The van der Waals surface area contributed by atoms with Crippen molar-refractivity contribution in [2.75, 3.05) is 0 Å². The summed E-state index contributed by atoms with van der Waals surface area (Å²) in [5, 5.41) is 10.6. The zero-order valence-electron chi connectivity index (χ0n) is 9.53. The van der Waals surface area contributed by atoms with Crippen molar-refractivity contribution in [3.63, 3.8) is 0 Å². The summed E-state index contributed by atoms with van der Waals surface area (Å²) in [5.74, 6) is 0.745. The molecule has 1 N–H and O–H groups in total. The maximum absolute atomic E-state index is 10.6. The first-order valence-electron chi connectivity index (χ1n) is 5.76. The van der Waals surface area contributed by atoms with Gasteiger partial charge in [0.1, 0.15) is 5.60 Å². The predicted molar refractivity (Wildman–Crippen MR) is 60.5 cm³/mol. The standard InChI is InChI=1S/C13H19NO/c1-10-5-7-13(15,8-6-10)12-11(2)4-3-9-14-12/h3-4,9-10,15H,5-8H2,1-2H3. The van der Waals surface area contributed by atoms with Gasteiger partial charge >= 0.3 is 0 Å². The lowest BCUT2D eigenvalue weighted by molar-refractivity contribution is -0.0163. The summed E-state index contributed by atoms with van der Waals surface area (Å²) in [6.07, 6.45) is 5.69. The first kappa shape index (κ1) is 10.6. The maximum atomic E-state index is 10.6. The average molecular weight is 205 g/mol. The first-order valence-corrected chi connectivity index (χ1v) is 5.76. The molecule has 0 aliphatic heterocycles. The Balaban J connectivity index is 2.26. The normalized spacial score (nSPS) is 31.5. The van der Waals surface area contributed by atoms with Crippen molar-refractivity contribution < 1.29 is 5.11 Å². The highest BCUT2D eigenvalue weighted by Crippen LogP contribution is 2.39. The Morgan fingerprint density at radius 3 is 2.67 bits per heavy atom. The van der Waals surface area contributed by atoms with E-state index in [1.54, 1.807) is 6.20 Å². The number of aromatic nitrogens is 1. The molecule has 1 aromatic heterocycles. The number of aliphatic hydroxyl groups is 1. The molecule has 1 fully saturated rings. The molecular formula is C13H19NO. The molecule has 0 aromatic carbocycles. The highest BCUT2D eigenvalue weighted by atomic mass is 16.3. The van der Waals surface area contributed by atoms with Crippen LogP contribution in [0.15, 0.2) is 18.3 Å². The Hall–Kier alpha value is -0.890. The fraction of sp³-hybridized carbons (Fsp3) is 0.615. The van der Waals surface area contributed by atoms with E-state index < -0.39 is 5.60 Å². The van der Waals surface area contributed by atoms with Crippen molar-refractivity contribution in [1.82, 2.24) is 4.98 Å². The Morgan fingerprint density at radius 1 is 1.40 bits per heavy atom. The molecule has 82 valence electrons. The van der Waals surface area contributed by atoms with E-state index in [2.05, 4.69) is 11.9 Å². The second kappa shape index (κ2) is 3.93. The fourth-order valence-corrected chi connectivity index (χ4v) is 2.45. The minimum absolute atomic E-state index is 0.669. The summed E-state index contributed by atoms with van der Waals surface area (Å²) >= 11 is 0. The van der Waals surface area contributed by atoms with E-state index in [-0.39, 0.29) is 0 Å². The van der Waals surface area contributed by atoms with Crippen molar-refractivity contribution in [2.45, 2.75) is 45.1 Å². The van der Waals surface area contributed by atoms with Crippen LogP contribution < -0.4 is 0 Å². The van der Waals surface area contributed by atoms with E-state index in [0.717, 1.165) is 42.9 Å². The Kier molecular flexibility index (Phi) is 2.79. The van der Waals surface area contributed by atoms with Crippen LogP contribution in [0.25, 0.3) is 0 Å². The smallest absolute Gasteiger partial charge is 0.107 e. The summed E-state index contributed by atoms with van der Waals surface area (Å²) in [5.41, 5.74) is 1.32. The highest BCUT2D eigenvalue weighted by Gasteiger charge is 2.35. The average Bonchev–Trinajstić information content (AvgIpc) is 2.23. The molecule has 0 saturated heterocycles. The molecule has 1 saturated carbocycles. The number of nitrogens with zero attached hydrogens (tertiary/aromatic N) is 1. The van der Waals surface area contributed by atoms with Gasteiger partial charge in [0.05, 0.1) is 5.69 Å². The molecule has 0 unspecified atom stereocenters. The molecule has 2 heteroatoms. The molecule has 1 aliphatic carbocycles. The SMILES string of the molecule is Cc1cccnc1C1(O)CCC(C)CC1. The third-order valence-electron chi connectivity index (χ3n) is 3.55. The van der Waals surface area contributed by atoms with Gasteiger partial charge in [-0.05, 0) is 50.2 Å². The summed E-state index contributed by atoms with van der Waals surface area (Å²) in [6, 6.07) is 3.95. The molecule has 2 rings (SSSR count). The van der Waals surface area contributed by atoms with Gasteiger partial charge in [-0.25, -0.2) is 0 Å².